The second-order valence-corrected chi connectivity index (χ2v) is 6.92. The highest BCUT2D eigenvalue weighted by molar-refractivity contribution is 5.62. The number of likely N-dealkylation sites (tertiary alicyclic amines) is 1. The van der Waals surface area contributed by atoms with Crippen molar-refractivity contribution >= 4 is 0 Å². The second-order valence-electron chi connectivity index (χ2n) is 6.92. The Balaban J connectivity index is 1.50. The number of nitrogens with zero attached hydrogens (tertiary/aromatic N) is 3. The van der Waals surface area contributed by atoms with Gasteiger partial charge in [0.1, 0.15) is 11.6 Å². The Morgan fingerprint density at radius 2 is 2.12 bits per heavy atom. The van der Waals surface area contributed by atoms with Crippen LogP contribution in [0.5, 0.6) is 5.75 Å². The topological polar surface area (TPSA) is 54.0 Å². The standard InChI is InChI=1S/C21H24N4O/c1-15-11-17(3-4-20(15)26-2)19-12-16(5-7-22-19)18-6-10-25(13-18)14-21-23-8-9-24-21/h3-5,7-9,11-12,18H,6,10,13-14H2,1-2H3,(H,23,24). The van der Waals surface area contributed by atoms with E-state index in [1.807, 2.05) is 24.7 Å². The van der Waals surface area contributed by atoms with Crippen LogP contribution < -0.4 is 4.74 Å². The van der Waals surface area contributed by atoms with Crippen molar-refractivity contribution in [2.75, 3.05) is 20.2 Å². The summed E-state index contributed by atoms with van der Waals surface area (Å²) >= 11 is 0. The Morgan fingerprint density at radius 3 is 2.88 bits per heavy atom. The molecule has 5 heteroatoms. The predicted octanol–water partition coefficient (Wildman–Crippen LogP) is 3.78. The lowest BCUT2D eigenvalue weighted by Gasteiger charge is -2.15. The van der Waals surface area contributed by atoms with Crippen LogP contribution in [0.3, 0.4) is 0 Å². The lowest BCUT2D eigenvalue weighted by molar-refractivity contribution is 0.319. The predicted molar refractivity (Wildman–Crippen MR) is 102 cm³/mol. The Morgan fingerprint density at radius 1 is 1.19 bits per heavy atom. The van der Waals surface area contributed by atoms with E-state index < -0.39 is 0 Å². The lowest BCUT2D eigenvalue weighted by Crippen LogP contribution is -2.20. The first-order chi connectivity index (χ1) is 12.7. The van der Waals surface area contributed by atoms with Crippen LogP contribution in [0.25, 0.3) is 11.3 Å². The van der Waals surface area contributed by atoms with E-state index in [0.717, 1.165) is 48.0 Å². The number of rotatable bonds is 5. The fourth-order valence-electron chi connectivity index (χ4n) is 3.74. The molecule has 1 aromatic carbocycles. The summed E-state index contributed by atoms with van der Waals surface area (Å²) in [7, 11) is 1.70. The van der Waals surface area contributed by atoms with Gasteiger partial charge in [-0.2, -0.15) is 0 Å². The van der Waals surface area contributed by atoms with Crippen LogP contribution in [0.2, 0.25) is 0 Å². The van der Waals surface area contributed by atoms with Crippen LogP contribution in [0.4, 0.5) is 0 Å². The third-order valence-electron chi connectivity index (χ3n) is 5.15. The molecule has 3 aromatic rings. The fourth-order valence-corrected chi connectivity index (χ4v) is 3.74. The number of hydrogen-bond acceptors (Lipinski definition) is 4. The van der Waals surface area contributed by atoms with E-state index in [0.29, 0.717) is 5.92 Å². The highest BCUT2D eigenvalue weighted by Gasteiger charge is 2.24. The quantitative estimate of drug-likeness (QED) is 0.762. The van der Waals surface area contributed by atoms with E-state index in [1.165, 1.54) is 12.0 Å². The molecule has 0 aliphatic carbocycles. The van der Waals surface area contributed by atoms with Crippen molar-refractivity contribution in [3.63, 3.8) is 0 Å². The van der Waals surface area contributed by atoms with Crippen molar-refractivity contribution in [2.45, 2.75) is 25.8 Å². The molecule has 3 heterocycles. The summed E-state index contributed by atoms with van der Waals surface area (Å²) in [6, 6.07) is 10.6. The number of aromatic amines is 1. The van der Waals surface area contributed by atoms with Gasteiger partial charge in [-0.25, -0.2) is 4.98 Å². The molecule has 1 fully saturated rings. The van der Waals surface area contributed by atoms with Gasteiger partial charge in [-0.3, -0.25) is 9.88 Å². The van der Waals surface area contributed by atoms with E-state index in [9.17, 15) is 0 Å². The zero-order chi connectivity index (χ0) is 17.9. The molecule has 0 amide bonds. The van der Waals surface area contributed by atoms with Crippen molar-refractivity contribution in [1.82, 2.24) is 19.9 Å². The maximum Gasteiger partial charge on any atom is 0.121 e. The maximum absolute atomic E-state index is 5.36. The van der Waals surface area contributed by atoms with Crippen LogP contribution in [-0.4, -0.2) is 40.1 Å². The number of aromatic nitrogens is 3. The molecule has 26 heavy (non-hydrogen) atoms. The number of imidazole rings is 1. The normalized spacial score (nSPS) is 17.5. The molecule has 4 rings (SSSR count). The third kappa shape index (κ3) is 3.48. The van der Waals surface area contributed by atoms with Gasteiger partial charge in [0.15, 0.2) is 0 Å². The molecular formula is C21H24N4O. The van der Waals surface area contributed by atoms with E-state index >= 15 is 0 Å². The number of benzene rings is 1. The van der Waals surface area contributed by atoms with Crippen LogP contribution >= 0.6 is 0 Å². The summed E-state index contributed by atoms with van der Waals surface area (Å²) in [5, 5.41) is 0. The first kappa shape index (κ1) is 16.8. The zero-order valence-corrected chi connectivity index (χ0v) is 15.3. The highest BCUT2D eigenvalue weighted by Crippen LogP contribution is 2.31. The Hall–Kier alpha value is -2.66. The minimum atomic E-state index is 0.547. The molecular weight excluding hydrogens is 324 g/mol. The van der Waals surface area contributed by atoms with Gasteiger partial charge >= 0.3 is 0 Å². The molecule has 1 saturated heterocycles. The minimum absolute atomic E-state index is 0.547. The van der Waals surface area contributed by atoms with Gasteiger partial charge in [0, 0.05) is 30.7 Å². The van der Waals surface area contributed by atoms with Crippen molar-refractivity contribution < 1.29 is 4.74 Å². The number of hydrogen-bond donors (Lipinski definition) is 1. The van der Waals surface area contributed by atoms with E-state index in [1.54, 1.807) is 7.11 Å². The maximum atomic E-state index is 5.36. The van der Waals surface area contributed by atoms with Gasteiger partial charge in [-0.15, -0.1) is 0 Å². The van der Waals surface area contributed by atoms with Gasteiger partial charge < -0.3 is 9.72 Å². The van der Waals surface area contributed by atoms with Gasteiger partial charge in [0.05, 0.1) is 19.3 Å². The molecule has 1 atom stereocenters. The monoisotopic (exact) mass is 348 g/mol. The Kier molecular flexibility index (Phi) is 4.71. The minimum Gasteiger partial charge on any atom is -0.496 e. The average Bonchev–Trinajstić information content (AvgIpc) is 3.34. The van der Waals surface area contributed by atoms with Crippen molar-refractivity contribution in [3.05, 3.63) is 65.9 Å². The van der Waals surface area contributed by atoms with Crippen molar-refractivity contribution in [3.8, 4) is 17.0 Å². The number of H-pyrrole nitrogens is 1. The van der Waals surface area contributed by atoms with Gasteiger partial charge in [0.2, 0.25) is 0 Å². The Labute approximate surface area is 154 Å². The largest absolute Gasteiger partial charge is 0.496 e. The van der Waals surface area contributed by atoms with Crippen LogP contribution in [0.15, 0.2) is 48.9 Å². The second kappa shape index (κ2) is 7.30. The highest BCUT2D eigenvalue weighted by atomic mass is 16.5. The Bertz CT molecular complexity index is 875. The van der Waals surface area contributed by atoms with Gasteiger partial charge in [-0.1, -0.05) is 0 Å². The molecule has 0 bridgehead atoms. The molecule has 1 aliphatic heterocycles. The summed E-state index contributed by atoms with van der Waals surface area (Å²) in [5.74, 6) is 2.50. The molecule has 1 aliphatic rings. The third-order valence-corrected chi connectivity index (χ3v) is 5.15. The van der Waals surface area contributed by atoms with Crippen molar-refractivity contribution in [2.24, 2.45) is 0 Å². The SMILES string of the molecule is COc1ccc(-c2cc(C3CCN(Cc4ncc[nH]4)C3)ccn2)cc1C. The summed E-state index contributed by atoms with van der Waals surface area (Å²) in [5.41, 5.74) is 4.65. The summed E-state index contributed by atoms with van der Waals surface area (Å²) in [6.07, 6.45) is 6.80. The smallest absolute Gasteiger partial charge is 0.121 e. The molecule has 0 saturated carbocycles. The molecule has 134 valence electrons. The zero-order valence-electron chi connectivity index (χ0n) is 15.3. The van der Waals surface area contributed by atoms with Crippen LogP contribution in [-0.2, 0) is 6.54 Å². The molecule has 1 unspecified atom stereocenters. The van der Waals surface area contributed by atoms with Gasteiger partial charge in [-0.05, 0) is 67.3 Å². The van der Waals surface area contributed by atoms with Crippen molar-refractivity contribution in [1.29, 1.82) is 0 Å². The number of ether oxygens (including phenoxy) is 1. The summed E-state index contributed by atoms with van der Waals surface area (Å²) < 4.78 is 5.36. The van der Waals surface area contributed by atoms with Crippen LogP contribution in [0.1, 0.15) is 29.3 Å². The summed E-state index contributed by atoms with van der Waals surface area (Å²) in [6.45, 7) is 5.12. The molecule has 0 spiro atoms. The number of aryl methyl sites for hydroxylation is 1. The molecule has 1 N–H and O–H groups in total. The number of pyridine rings is 1. The molecule has 5 nitrogen and oxygen atoms in total. The number of methoxy groups -OCH3 is 1. The summed E-state index contributed by atoms with van der Waals surface area (Å²) in [4.78, 5) is 14.6. The van der Waals surface area contributed by atoms with E-state index in [-0.39, 0.29) is 0 Å². The van der Waals surface area contributed by atoms with E-state index in [2.05, 4.69) is 51.0 Å². The molecule has 2 aromatic heterocycles. The first-order valence-corrected chi connectivity index (χ1v) is 9.04. The average molecular weight is 348 g/mol. The van der Waals surface area contributed by atoms with Gasteiger partial charge in [0.25, 0.3) is 0 Å². The fraction of sp³-hybridized carbons (Fsp3) is 0.333. The van der Waals surface area contributed by atoms with Crippen LogP contribution in [0, 0.1) is 6.92 Å². The molecule has 0 radical (unpaired) electrons. The first-order valence-electron chi connectivity index (χ1n) is 9.04. The number of nitrogens with one attached hydrogen (secondary N) is 1. The van der Waals surface area contributed by atoms with E-state index in [4.69, 9.17) is 4.74 Å². The lowest BCUT2D eigenvalue weighted by atomic mass is 9.97.